The van der Waals surface area contributed by atoms with Gasteiger partial charge in [-0.05, 0) is 77.7 Å². The minimum Gasteiger partial charge on any atom is -0.337 e. The molecule has 2 aliphatic heterocycles. The molecule has 0 radical (unpaired) electrons. The summed E-state index contributed by atoms with van der Waals surface area (Å²) in [5, 5.41) is 3.10. The van der Waals surface area contributed by atoms with Crippen LogP contribution in [0, 0.1) is 5.92 Å². The number of nitrogens with zero attached hydrogens (tertiary/aromatic N) is 3. The van der Waals surface area contributed by atoms with Crippen molar-refractivity contribution in [3.05, 3.63) is 0 Å². The van der Waals surface area contributed by atoms with Crippen molar-refractivity contribution in [3.8, 4) is 0 Å². The van der Waals surface area contributed by atoms with Crippen LogP contribution in [0.1, 0.15) is 46.0 Å². The summed E-state index contributed by atoms with van der Waals surface area (Å²) in [7, 11) is 0. The van der Waals surface area contributed by atoms with Crippen LogP contribution in [0.4, 0.5) is 4.79 Å². The van der Waals surface area contributed by atoms with Gasteiger partial charge in [-0.1, -0.05) is 6.92 Å². The van der Waals surface area contributed by atoms with Crippen LogP contribution in [0.5, 0.6) is 0 Å². The van der Waals surface area contributed by atoms with Crippen LogP contribution in [-0.4, -0.2) is 79.6 Å². The predicted molar refractivity (Wildman–Crippen MR) is 95.8 cm³/mol. The van der Waals surface area contributed by atoms with Crippen LogP contribution in [0.15, 0.2) is 0 Å². The average molecular weight is 325 g/mol. The van der Waals surface area contributed by atoms with E-state index in [2.05, 4.69) is 29.0 Å². The van der Waals surface area contributed by atoms with Crippen molar-refractivity contribution in [2.45, 2.75) is 46.0 Å². The molecule has 1 N–H and O–H groups in total. The summed E-state index contributed by atoms with van der Waals surface area (Å²) in [6.07, 6.45) is 6.36. The summed E-state index contributed by atoms with van der Waals surface area (Å²) in [6, 6.07) is 0.110. The normalized spacial score (nSPS) is 20.8. The standard InChI is InChI=1S/C18H36N4O/c1-3-22(13-6-12-20-10-4-5-11-20)18(23)19-9-16-21-14-7-17(2)8-15-21/h17H,3-16H2,1-2H3,(H,19,23). The Hall–Kier alpha value is -0.810. The Bertz CT molecular complexity index is 336. The Morgan fingerprint density at radius 1 is 1.09 bits per heavy atom. The Kier molecular flexibility index (Phi) is 8.17. The second kappa shape index (κ2) is 10.1. The van der Waals surface area contributed by atoms with E-state index in [0.29, 0.717) is 0 Å². The molecule has 2 rings (SSSR count). The maximum Gasteiger partial charge on any atom is 0.317 e. The summed E-state index contributed by atoms with van der Waals surface area (Å²) in [5.41, 5.74) is 0. The molecule has 23 heavy (non-hydrogen) atoms. The molecule has 0 bridgehead atoms. The average Bonchev–Trinajstić information content (AvgIpc) is 3.06. The van der Waals surface area contributed by atoms with Crippen molar-refractivity contribution in [1.82, 2.24) is 20.0 Å². The molecule has 2 saturated heterocycles. The third-order valence-electron chi connectivity index (χ3n) is 5.35. The fourth-order valence-electron chi connectivity index (χ4n) is 3.61. The molecule has 0 aromatic carbocycles. The number of rotatable bonds is 8. The maximum absolute atomic E-state index is 12.3. The van der Waals surface area contributed by atoms with E-state index in [4.69, 9.17) is 0 Å². The minimum absolute atomic E-state index is 0.110. The van der Waals surface area contributed by atoms with E-state index in [1.54, 1.807) is 0 Å². The SMILES string of the molecule is CCN(CCCN1CCCC1)C(=O)NCCN1CCC(C)CC1. The topological polar surface area (TPSA) is 38.8 Å². The molecule has 5 heteroatoms. The van der Waals surface area contributed by atoms with Crippen molar-refractivity contribution < 1.29 is 4.79 Å². The lowest BCUT2D eigenvalue weighted by Gasteiger charge is -2.30. The molecule has 0 saturated carbocycles. The van der Waals surface area contributed by atoms with Gasteiger partial charge in [0.1, 0.15) is 0 Å². The highest BCUT2D eigenvalue weighted by Gasteiger charge is 2.17. The second-order valence-corrected chi connectivity index (χ2v) is 7.24. The van der Waals surface area contributed by atoms with Crippen LogP contribution in [0.25, 0.3) is 0 Å². The van der Waals surface area contributed by atoms with E-state index in [1.165, 1.54) is 51.9 Å². The number of hydrogen-bond donors (Lipinski definition) is 1. The first-order valence-electron chi connectivity index (χ1n) is 9.66. The fraction of sp³-hybridized carbons (Fsp3) is 0.944. The van der Waals surface area contributed by atoms with Gasteiger partial charge in [-0.2, -0.15) is 0 Å². The van der Waals surface area contributed by atoms with Crippen LogP contribution in [0.2, 0.25) is 0 Å². The molecule has 2 heterocycles. The summed E-state index contributed by atoms with van der Waals surface area (Å²) < 4.78 is 0. The van der Waals surface area contributed by atoms with E-state index in [1.807, 2.05) is 4.90 Å². The maximum atomic E-state index is 12.3. The summed E-state index contributed by atoms with van der Waals surface area (Å²) in [5.74, 6) is 0.868. The molecule has 2 aliphatic rings. The van der Waals surface area contributed by atoms with Gasteiger partial charge in [0.2, 0.25) is 0 Å². The molecule has 0 spiro atoms. The highest BCUT2D eigenvalue weighted by molar-refractivity contribution is 5.74. The first-order chi connectivity index (χ1) is 11.2. The van der Waals surface area contributed by atoms with Gasteiger partial charge >= 0.3 is 6.03 Å². The molecule has 0 unspecified atom stereocenters. The molecule has 0 aromatic rings. The van der Waals surface area contributed by atoms with Gasteiger partial charge in [0, 0.05) is 26.2 Å². The molecule has 0 atom stereocenters. The van der Waals surface area contributed by atoms with E-state index in [0.717, 1.165) is 45.1 Å². The molecular weight excluding hydrogens is 288 g/mol. The van der Waals surface area contributed by atoms with Crippen molar-refractivity contribution >= 4 is 6.03 Å². The van der Waals surface area contributed by atoms with Crippen molar-refractivity contribution in [2.24, 2.45) is 5.92 Å². The monoisotopic (exact) mass is 324 g/mol. The molecule has 134 valence electrons. The van der Waals surface area contributed by atoms with Crippen LogP contribution in [0.3, 0.4) is 0 Å². The lowest BCUT2D eigenvalue weighted by Crippen LogP contribution is -2.45. The molecule has 5 nitrogen and oxygen atoms in total. The minimum atomic E-state index is 0.110. The van der Waals surface area contributed by atoms with Crippen molar-refractivity contribution in [1.29, 1.82) is 0 Å². The number of amides is 2. The highest BCUT2D eigenvalue weighted by Crippen LogP contribution is 2.15. The third-order valence-corrected chi connectivity index (χ3v) is 5.35. The lowest BCUT2D eigenvalue weighted by molar-refractivity contribution is 0.180. The zero-order valence-corrected chi connectivity index (χ0v) is 15.2. The second-order valence-electron chi connectivity index (χ2n) is 7.24. The molecule has 2 fully saturated rings. The summed E-state index contributed by atoms with van der Waals surface area (Å²) >= 11 is 0. The van der Waals surface area contributed by atoms with Crippen LogP contribution in [-0.2, 0) is 0 Å². The Morgan fingerprint density at radius 2 is 1.74 bits per heavy atom. The third kappa shape index (κ3) is 6.68. The Morgan fingerprint density at radius 3 is 2.39 bits per heavy atom. The highest BCUT2D eigenvalue weighted by atomic mass is 16.2. The van der Waals surface area contributed by atoms with Gasteiger partial charge in [0.25, 0.3) is 0 Å². The van der Waals surface area contributed by atoms with E-state index >= 15 is 0 Å². The van der Waals surface area contributed by atoms with Gasteiger partial charge in [-0.3, -0.25) is 0 Å². The first kappa shape index (κ1) is 18.5. The van der Waals surface area contributed by atoms with Gasteiger partial charge in [0.15, 0.2) is 0 Å². The summed E-state index contributed by atoms with van der Waals surface area (Å²) in [4.78, 5) is 19.2. The number of likely N-dealkylation sites (tertiary alicyclic amines) is 2. The molecule has 0 aromatic heterocycles. The number of carbonyl (C=O) groups is 1. The molecular formula is C18H36N4O. The number of hydrogen-bond acceptors (Lipinski definition) is 3. The Balaban J connectivity index is 1.56. The largest absolute Gasteiger partial charge is 0.337 e. The zero-order chi connectivity index (χ0) is 16.5. The van der Waals surface area contributed by atoms with E-state index in [9.17, 15) is 4.79 Å². The summed E-state index contributed by atoms with van der Waals surface area (Å²) in [6.45, 7) is 13.8. The van der Waals surface area contributed by atoms with Gasteiger partial charge in [-0.25, -0.2) is 4.79 Å². The molecule has 2 amide bonds. The predicted octanol–water partition coefficient (Wildman–Crippen LogP) is 2.24. The zero-order valence-electron chi connectivity index (χ0n) is 15.2. The van der Waals surface area contributed by atoms with Gasteiger partial charge in [-0.15, -0.1) is 0 Å². The first-order valence-corrected chi connectivity index (χ1v) is 9.66. The van der Waals surface area contributed by atoms with Gasteiger partial charge < -0.3 is 20.0 Å². The van der Waals surface area contributed by atoms with Crippen LogP contribution >= 0.6 is 0 Å². The fourth-order valence-corrected chi connectivity index (χ4v) is 3.61. The number of urea groups is 1. The number of carbonyl (C=O) groups excluding carboxylic acids is 1. The van der Waals surface area contributed by atoms with E-state index in [-0.39, 0.29) is 6.03 Å². The number of nitrogens with one attached hydrogen (secondary N) is 1. The van der Waals surface area contributed by atoms with Crippen molar-refractivity contribution in [3.63, 3.8) is 0 Å². The van der Waals surface area contributed by atoms with E-state index < -0.39 is 0 Å². The van der Waals surface area contributed by atoms with Crippen molar-refractivity contribution in [2.75, 3.05) is 58.9 Å². The Labute approximate surface area is 142 Å². The lowest BCUT2D eigenvalue weighted by atomic mass is 9.99. The van der Waals surface area contributed by atoms with Gasteiger partial charge in [0.05, 0.1) is 0 Å². The quantitative estimate of drug-likeness (QED) is 0.744. The smallest absolute Gasteiger partial charge is 0.317 e. The number of piperidine rings is 1. The van der Waals surface area contributed by atoms with Crippen LogP contribution < -0.4 is 5.32 Å². The molecule has 0 aliphatic carbocycles.